The van der Waals surface area contributed by atoms with Crippen LogP contribution in [0.1, 0.15) is 66.2 Å². The zero-order valence-electron chi connectivity index (χ0n) is 11.8. The lowest BCUT2D eigenvalue weighted by molar-refractivity contribution is 0.268. The molecular weight excluding hydrogens is 194 g/mol. The molecule has 0 heterocycles. The summed E-state index contributed by atoms with van der Waals surface area (Å²) in [7, 11) is 0. The second-order valence-electron chi connectivity index (χ2n) is 6.04. The Bertz CT molecular complexity index is 170. The van der Waals surface area contributed by atoms with Gasteiger partial charge in [-0.3, -0.25) is 0 Å². The lowest BCUT2D eigenvalue weighted by atomic mass is 9.81. The summed E-state index contributed by atoms with van der Waals surface area (Å²) in [6.45, 7) is 10.6. The third-order valence-electron chi connectivity index (χ3n) is 4.65. The smallest absolute Gasteiger partial charge is 0.00642 e. The van der Waals surface area contributed by atoms with Crippen molar-refractivity contribution < 1.29 is 0 Å². The summed E-state index contributed by atoms with van der Waals surface area (Å²) in [6.07, 6.45) is 8.56. The van der Waals surface area contributed by atoms with Gasteiger partial charge in [0.1, 0.15) is 0 Å². The highest BCUT2D eigenvalue weighted by Crippen LogP contribution is 2.29. The highest BCUT2D eigenvalue weighted by molar-refractivity contribution is 4.72. The van der Waals surface area contributed by atoms with Gasteiger partial charge in [-0.2, -0.15) is 0 Å². The number of rotatable bonds is 6. The maximum Gasteiger partial charge on any atom is 0.00642 e. The summed E-state index contributed by atoms with van der Waals surface area (Å²) in [4.78, 5) is 0. The van der Waals surface area contributed by atoms with Crippen molar-refractivity contribution in [1.29, 1.82) is 0 Å². The van der Waals surface area contributed by atoms with Gasteiger partial charge in [-0.15, -0.1) is 0 Å². The molecule has 1 heteroatoms. The second-order valence-corrected chi connectivity index (χ2v) is 6.04. The highest BCUT2D eigenvalue weighted by atomic mass is 14.9. The predicted molar refractivity (Wildman–Crippen MR) is 72.7 cm³/mol. The molecule has 0 aliphatic heterocycles. The Hall–Kier alpha value is -0.0400. The number of hydrogen-bond acceptors (Lipinski definition) is 1. The topological polar surface area (TPSA) is 12.0 Å². The van der Waals surface area contributed by atoms with Crippen molar-refractivity contribution in [3.05, 3.63) is 0 Å². The SMILES string of the molecule is CCC(C)C(C)NCCC1CCC(C)CC1. The van der Waals surface area contributed by atoms with Crippen LogP contribution < -0.4 is 5.32 Å². The van der Waals surface area contributed by atoms with Crippen molar-refractivity contribution in [3.63, 3.8) is 0 Å². The van der Waals surface area contributed by atoms with E-state index in [0.717, 1.165) is 17.8 Å². The third kappa shape index (κ3) is 4.86. The first-order valence-corrected chi connectivity index (χ1v) is 7.36. The van der Waals surface area contributed by atoms with E-state index >= 15 is 0 Å². The standard InChI is InChI=1S/C15H31N/c1-5-13(3)14(4)16-11-10-15-8-6-12(2)7-9-15/h12-16H,5-11H2,1-4H3. The molecular formula is C15H31N. The molecule has 0 radical (unpaired) electrons. The van der Waals surface area contributed by atoms with Gasteiger partial charge in [0, 0.05) is 6.04 Å². The van der Waals surface area contributed by atoms with E-state index in [0.29, 0.717) is 6.04 Å². The van der Waals surface area contributed by atoms with E-state index in [1.165, 1.54) is 45.1 Å². The average Bonchev–Trinajstić information content (AvgIpc) is 2.30. The molecule has 0 aromatic heterocycles. The molecule has 2 atom stereocenters. The van der Waals surface area contributed by atoms with E-state index in [4.69, 9.17) is 0 Å². The van der Waals surface area contributed by atoms with Crippen molar-refractivity contribution in [2.75, 3.05) is 6.54 Å². The Balaban J connectivity index is 2.06. The van der Waals surface area contributed by atoms with E-state index in [2.05, 4.69) is 33.0 Å². The third-order valence-corrected chi connectivity index (χ3v) is 4.65. The minimum absolute atomic E-state index is 0.688. The van der Waals surface area contributed by atoms with Crippen LogP contribution in [0.3, 0.4) is 0 Å². The fourth-order valence-corrected chi connectivity index (χ4v) is 2.69. The minimum Gasteiger partial charge on any atom is -0.314 e. The van der Waals surface area contributed by atoms with Crippen LogP contribution >= 0.6 is 0 Å². The molecule has 2 unspecified atom stereocenters. The van der Waals surface area contributed by atoms with E-state index in [1.807, 2.05) is 0 Å². The molecule has 1 nitrogen and oxygen atoms in total. The average molecular weight is 225 g/mol. The molecule has 1 N–H and O–H groups in total. The van der Waals surface area contributed by atoms with Crippen molar-refractivity contribution in [2.24, 2.45) is 17.8 Å². The monoisotopic (exact) mass is 225 g/mol. The predicted octanol–water partition coefficient (Wildman–Crippen LogP) is 4.23. The summed E-state index contributed by atoms with van der Waals surface area (Å²) in [5.41, 5.74) is 0. The first-order chi connectivity index (χ1) is 7.63. The summed E-state index contributed by atoms with van der Waals surface area (Å²) in [6, 6.07) is 0.688. The summed E-state index contributed by atoms with van der Waals surface area (Å²) in [5, 5.41) is 3.69. The molecule has 0 bridgehead atoms. The van der Waals surface area contributed by atoms with Crippen LogP contribution in [0.5, 0.6) is 0 Å². The van der Waals surface area contributed by atoms with Gasteiger partial charge in [0.05, 0.1) is 0 Å². The van der Waals surface area contributed by atoms with Crippen molar-refractivity contribution in [3.8, 4) is 0 Å². The fourth-order valence-electron chi connectivity index (χ4n) is 2.69. The van der Waals surface area contributed by atoms with Gasteiger partial charge in [0.15, 0.2) is 0 Å². The molecule has 1 aliphatic carbocycles. The molecule has 1 aliphatic rings. The Morgan fingerprint density at radius 1 is 1.12 bits per heavy atom. The number of nitrogens with one attached hydrogen (secondary N) is 1. The van der Waals surface area contributed by atoms with Crippen LogP contribution in [-0.4, -0.2) is 12.6 Å². The molecule has 16 heavy (non-hydrogen) atoms. The maximum absolute atomic E-state index is 3.69. The first kappa shape index (κ1) is 14.0. The Labute approximate surface area is 102 Å². The quantitative estimate of drug-likeness (QED) is 0.713. The largest absolute Gasteiger partial charge is 0.314 e. The first-order valence-electron chi connectivity index (χ1n) is 7.36. The zero-order chi connectivity index (χ0) is 12.0. The van der Waals surface area contributed by atoms with Crippen molar-refractivity contribution >= 4 is 0 Å². The summed E-state index contributed by atoms with van der Waals surface area (Å²) >= 11 is 0. The molecule has 0 saturated heterocycles. The highest BCUT2D eigenvalue weighted by Gasteiger charge is 2.18. The van der Waals surface area contributed by atoms with Crippen molar-refractivity contribution in [2.45, 2.75) is 72.3 Å². The summed E-state index contributed by atoms with van der Waals surface area (Å²) in [5.74, 6) is 2.81. The normalized spacial score (nSPS) is 30.0. The van der Waals surface area contributed by atoms with Crippen LogP contribution in [0.2, 0.25) is 0 Å². The van der Waals surface area contributed by atoms with Gasteiger partial charge < -0.3 is 5.32 Å². The molecule has 0 amide bonds. The van der Waals surface area contributed by atoms with Gasteiger partial charge in [-0.05, 0) is 37.6 Å². The van der Waals surface area contributed by atoms with Gasteiger partial charge in [0.25, 0.3) is 0 Å². The van der Waals surface area contributed by atoms with Crippen LogP contribution in [0.15, 0.2) is 0 Å². The Morgan fingerprint density at radius 2 is 1.75 bits per heavy atom. The van der Waals surface area contributed by atoms with E-state index in [1.54, 1.807) is 0 Å². The van der Waals surface area contributed by atoms with Gasteiger partial charge >= 0.3 is 0 Å². The molecule has 96 valence electrons. The lowest BCUT2D eigenvalue weighted by Crippen LogP contribution is -2.33. The lowest BCUT2D eigenvalue weighted by Gasteiger charge is -2.27. The molecule has 1 fully saturated rings. The van der Waals surface area contributed by atoms with Crippen molar-refractivity contribution in [1.82, 2.24) is 5.32 Å². The van der Waals surface area contributed by atoms with Gasteiger partial charge in [-0.25, -0.2) is 0 Å². The van der Waals surface area contributed by atoms with Gasteiger partial charge in [-0.1, -0.05) is 52.9 Å². The van der Waals surface area contributed by atoms with Crippen LogP contribution in [0.4, 0.5) is 0 Å². The zero-order valence-corrected chi connectivity index (χ0v) is 11.8. The second kappa shape index (κ2) is 7.32. The summed E-state index contributed by atoms with van der Waals surface area (Å²) < 4.78 is 0. The van der Waals surface area contributed by atoms with Crippen LogP contribution in [-0.2, 0) is 0 Å². The Morgan fingerprint density at radius 3 is 2.31 bits per heavy atom. The van der Waals surface area contributed by atoms with Crippen LogP contribution in [0, 0.1) is 17.8 Å². The molecule has 0 aromatic rings. The van der Waals surface area contributed by atoms with E-state index in [-0.39, 0.29) is 0 Å². The fraction of sp³-hybridized carbons (Fsp3) is 1.00. The molecule has 1 rings (SSSR count). The van der Waals surface area contributed by atoms with E-state index < -0.39 is 0 Å². The molecule has 1 saturated carbocycles. The molecule has 0 aromatic carbocycles. The maximum atomic E-state index is 3.69. The van der Waals surface area contributed by atoms with Gasteiger partial charge in [0.2, 0.25) is 0 Å². The Kier molecular flexibility index (Phi) is 6.41. The molecule has 0 spiro atoms. The van der Waals surface area contributed by atoms with Crippen LogP contribution in [0.25, 0.3) is 0 Å². The van der Waals surface area contributed by atoms with E-state index in [9.17, 15) is 0 Å². The number of hydrogen-bond donors (Lipinski definition) is 1. The minimum atomic E-state index is 0.688.